The zero-order valence-corrected chi connectivity index (χ0v) is 16.9. The number of hydrogen-bond acceptors (Lipinski definition) is 3. The minimum atomic E-state index is -3.40. The van der Waals surface area contributed by atoms with Crippen LogP contribution in [0.25, 0.3) is 0 Å². The third-order valence-electron chi connectivity index (χ3n) is 5.35. The van der Waals surface area contributed by atoms with Crippen LogP contribution in [0.4, 0.5) is 0 Å². The van der Waals surface area contributed by atoms with Crippen molar-refractivity contribution in [2.24, 2.45) is 0 Å². The van der Waals surface area contributed by atoms with E-state index in [0.717, 1.165) is 19.3 Å². The molecule has 1 amide bonds. The highest BCUT2D eigenvalue weighted by Crippen LogP contribution is 2.29. The zero-order valence-electron chi connectivity index (χ0n) is 16.0. The summed E-state index contributed by atoms with van der Waals surface area (Å²) in [6.07, 6.45) is 3.03. The summed E-state index contributed by atoms with van der Waals surface area (Å²) in [6, 6.07) is 23.5. The molecule has 1 aliphatic carbocycles. The van der Waals surface area contributed by atoms with Crippen LogP contribution in [-0.2, 0) is 22.0 Å². The van der Waals surface area contributed by atoms with E-state index in [1.165, 1.54) is 11.1 Å². The van der Waals surface area contributed by atoms with E-state index < -0.39 is 9.84 Å². The van der Waals surface area contributed by atoms with E-state index in [1.54, 1.807) is 54.6 Å². The fraction of sp³-hybridized carbons (Fsp3) is 0.208. The average molecular weight is 406 g/mol. The number of fused-ring (bicyclic) bond motifs is 1. The van der Waals surface area contributed by atoms with Crippen molar-refractivity contribution in [2.75, 3.05) is 0 Å². The molecule has 0 aromatic heterocycles. The maximum Gasteiger partial charge on any atom is 0.251 e. The number of carbonyl (C=O) groups is 1. The summed E-state index contributed by atoms with van der Waals surface area (Å²) in [5, 5.41) is 3.13. The normalized spacial score (nSPS) is 16.1. The van der Waals surface area contributed by atoms with Gasteiger partial charge >= 0.3 is 0 Å². The topological polar surface area (TPSA) is 63.2 Å². The number of sulfone groups is 1. The van der Waals surface area contributed by atoms with E-state index in [2.05, 4.69) is 17.4 Å². The second-order valence-electron chi connectivity index (χ2n) is 7.39. The molecule has 1 N–H and O–H groups in total. The monoisotopic (exact) mass is 405 g/mol. The second-order valence-corrected chi connectivity index (χ2v) is 9.38. The van der Waals surface area contributed by atoms with E-state index in [1.807, 2.05) is 12.1 Å². The largest absolute Gasteiger partial charge is 0.345 e. The van der Waals surface area contributed by atoms with Crippen LogP contribution in [0.2, 0.25) is 0 Å². The molecule has 1 atom stereocenters. The van der Waals surface area contributed by atoms with Gasteiger partial charge in [-0.1, -0.05) is 54.6 Å². The summed E-state index contributed by atoms with van der Waals surface area (Å²) in [6.45, 7) is 0. The first kappa shape index (κ1) is 19.4. The number of rotatable bonds is 5. The van der Waals surface area contributed by atoms with Crippen LogP contribution >= 0.6 is 0 Å². The molecule has 0 saturated carbocycles. The van der Waals surface area contributed by atoms with E-state index in [4.69, 9.17) is 0 Å². The molecule has 3 aromatic rings. The highest BCUT2D eigenvalue weighted by Gasteiger charge is 2.22. The number of amides is 1. The lowest BCUT2D eigenvalue weighted by atomic mass is 9.87. The predicted molar refractivity (Wildman–Crippen MR) is 113 cm³/mol. The number of benzene rings is 3. The van der Waals surface area contributed by atoms with Crippen LogP contribution in [0.1, 0.15) is 45.9 Å². The maximum atomic E-state index is 12.7. The van der Waals surface area contributed by atoms with Gasteiger partial charge in [0.15, 0.2) is 9.84 Å². The lowest BCUT2D eigenvalue weighted by Gasteiger charge is -2.26. The van der Waals surface area contributed by atoms with Gasteiger partial charge in [-0.15, -0.1) is 0 Å². The van der Waals surface area contributed by atoms with Crippen LogP contribution in [0, 0.1) is 0 Å². The van der Waals surface area contributed by atoms with Gasteiger partial charge < -0.3 is 5.32 Å². The first-order valence-corrected chi connectivity index (χ1v) is 11.4. The Hall–Kier alpha value is -2.92. The van der Waals surface area contributed by atoms with Crippen molar-refractivity contribution in [1.82, 2.24) is 5.32 Å². The highest BCUT2D eigenvalue weighted by molar-refractivity contribution is 7.90. The molecule has 3 aromatic carbocycles. The number of aryl methyl sites for hydroxylation is 1. The second kappa shape index (κ2) is 8.21. The molecular weight excluding hydrogens is 382 g/mol. The quantitative estimate of drug-likeness (QED) is 0.681. The minimum absolute atomic E-state index is 0.0191. The Bertz CT molecular complexity index is 1110. The van der Waals surface area contributed by atoms with Crippen LogP contribution in [0.3, 0.4) is 0 Å². The van der Waals surface area contributed by atoms with Crippen LogP contribution < -0.4 is 5.32 Å². The third-order valence-corrected chi connectivity index (χ3v) is 7.05. The molecule has 4 rings (SSSR count). The van der Waals surface area contributed by atoms with Crippen molar-refractivity contribution in [3.8, 4) is 0 Å². The zero-order chi connectivity index (χ0) is 20.3. The van der Waals surface area contributed by atoms with Crippen molar-refractivity contribution in [2.45, 2.75) is 36.0 Å². The van der Waals surface area contributed by atoms with Crippen molar-refractivity contribution in [3.05, 3.63) is 101 Å². The maximum absolute atomic E-state index is 12.7. The van der Waals surface area contributed by atoms with Gasteiger partial charge in [-0.3, -0.25) is 4.79 Å². The van der Waals surface area contributed by atoms with E-state index in [-0.39, 0.29) is 17.7 Å². The minimum Gasteiger partial charge on any atom is -0.345 e. The Kier molecular flexibility index (Phi) is 5.49. The molecule has 0 fully saturated rings. The van der Waals surface area contributed by atoms with Crippen molar-refractivity contribution in [1.29, 1.82) is 0 Å². The molecule has 1 aliphatic rings. The van der Waals surface area contributed by atoms with Gasteiger partial charge in [-0.05, 0) is 60.2 Å². The van der Waals surface area contributed by atoms with Gasteiger partial charge in [0.05, 0.1) is 16.7 Å². The molecule has 0 saturated heterocycles. The number of hydrogen-bond donors (Lipinski definition) is 1. The first-order chi connectivity index (χ1) is 14.0. The van der Waals surface area contributed by atoms with E-state index in [0.29, 0.717) is 16.0 Å². The van der Waals surface area contributed by atoms with Crippen LogP contribution in [0.15, 0.2) is 83.8 Å². The van der Waals surface area contributed by atoms with Gasteiger partial charge in [-0.25, -0.2) is 8.42 Å². The summed E-state index contributed by atoms with van der Waals surface area (Å²) in [7, 11) is -3.40. The number of nitrogens with one attached hydrogen (secondary N) is 1. The lowest BCUT2D eigenvalue weighted by molar-refractivity contribution is 0.0932. The molecule has 0 unspecified atom stereocenters. The summed E-state index contributed by atoms with van der Waals surface area (Å²) >= 11 is 0. The molecular formula is C24H23NO3S. The Morgan fingerprint density at radius 3 is 2.34 bits per heavy atom. The third kappa shape index (κ3) is 4.40. The van der Waals surface area contributed by atoms with Crippen LogP contribution in [-0.4, -0.2) is 14.3 Å². The summed E-state index contributed by atoms with van der Waals surface area (Å²) < 4.78 is 25.0. The van der Waals surface area contributed by atoms with Gasteiger partial charge in [-0.2, -0.15) is 0 Å². The first-order valence-electron chi connectivity index (χ1n) is 9.78. The molecule has 5 heteroatoms. The van der Waals surface area contributed by atoms with Crippen molar-refractivity contribution >= 4 is 15.7 Å². The van der Waals surface area contributed by atoms with E-state index in [9.17, 15) is 13.2 Å². The van der Waals surface area contributed by atoms with Gasteiger partial charge in [0.1, 0.15) is 0 Å². The number of carbonyl (C=O) groups excluding carboxylic acids is 1. The Balaban J connectivity index is 1.45. The molecule has 0 bridgehead atoms. The molecule has 29 heavy (non-hydrogen) atoms. The summed E-state index contributed by atoms with van der Waals surface area (Å²) in [5.74, 6) is -0.223. The molecule has 0 radical (unpaired) electrons. The molecule has 4 nitrogen and oxygen atoms in total. The van der Waals surface area contributed by atoms with Crippen LogP contribution in [0.5, 0.6) is 0 Å². The highest BCUT2D eigenvalue weighted by atomic mass is 32.2. The van der Waals surface area contributed by atoms with Gasteiger partial charge in [0.2, 0.25) is 0 Å². The SMILES string of the molecule is O=C(N[C@H]1CCCc2ccccc21)c1ccc(CS(=O)(=O)c2ccccc2)cc1. The Labute approximate surface area is 171 Å². The molecule has 0 heterocycles. The predicted octanol–water partition coefficient (Wildman–Crippen LogP) is 4.47. The fourth-order valence-corrected chi connectivity index (χ4v) is 5.20. The Morgan fingerprint density at radius 2 is 1.59 bits per heavy atom. The molecule has 0 spiro atoms. The Morgan fingerprint density at radius 1 is 0.897 bits per heavy atom. The lowest BCUT2D eigenvalue weighted by Crippen LogP contribution is -2.30. The average Bonchev–Trinajstić information content (AvgIpc) is 2.75. The summed E-state index contributed by atoms with van der Waals surface area (Å²) in [4.78, 5) is 13.0. The van der Waals surface area contributed by atoms with Gasteiger partial charge in [0.25, 0.3) is 5.91 Å². The fourth-order valence-electron chi connectivity index (χ4n) is 3.83. The summed E-state index contributed by atoms with van der Waals surface area (Å²) in [5.41, 5.74) is 3.69. The molecule has 0 aliphatic heterocycles. The standard InChI is InChI=1S/C24H23NO3S/c26-24(25-23-12-6-8-19-7-4-5-11-22(19)23)20-15-13-18(14-16-20)17-29(27,28)21-9-2-1-3-10-21/h1-5,7,9-11,13-16,23H,6,8,12,17H2,(H,25,26)/t23-/m0/s1. The smallest absolute Gasteiger partial charge is 0.251 e. The van der Waals surface area contributed by atoms with Crippen molar-refractivity contribution < 1.29 is 13.2 Å². The van der Waals surface area contributed by atoms with Gasteiger partial charge in [0, 0.05) is 5.56 Å². The van der Waals surface area contributed by atoms with E-state index >= 15 is 0 Å². The van der Waals surface area contributed by atoms with Crippen molar-refractivity contribution in [3.63, 3.8) is 0 Å². The molecule has 148 valence electrons.